The molecule has 0 unspecified atom stereocenters. The highest BCUT2D eigenvalue weighted by atomic mass is 16.5. The average Bonchev–Trinajstić information content (AvgIpc) is 2.75. The summed E-state index contributed by atoms with van der Waals surface area (Å²) >= 11 is 0. The molecular weight excluding hydrogens is 204 g/mol. The molecule has 0 saturated carbocycles. The first-order valence-corrected chi connectivity index (χ1v) is 4.95. The Kier molecular flexibility index (Phi) is 2.98. The van der Waals surface area contributed by atoms with Crippen molar-refractivity contribution in [1.29, 1.82) is 0 Å². The van der Waals surface area contributed by atoms with Crippen LogP contribution in [0.3, 0.4) is 0 Å². The van der Waals surface area contributed by atoms with Gasteiger partial charge in [-0.25, -0.2) is 0 Å². The van der Waals surface area contributed by atoms with E-state index in [1.807, 2.05) is 35.9 Å². The summed E-state index contributed by atoms with van der Waals surface area (Å²) in [7, 11) is 1.77. The summed E-state index contributed by atoms with van der Waals surface area (Å²) in [6, 6.07) is 8.01. The highest BCUT2D eigenvalue weighted by molar-refractivity contribution is 5.83. The Labute approximate surface area is 93.1 Å². The number of aromatic nitrogens is 1. The summed E-state index contributed by atoms with van der Waals surface area (Å²) in [6.07, 6.45) is 3.33. The minimum absolute atomic E-state index is 0.674. The van der Waals surface area contributed by atoms with E-state index in [0.717, 1.165) is 11.2 Å². The van der Waals surface area contributed by atoms with Crippen LogP contribution in [0.2, 0.25) is 0 Å². The molecule has 0 aliphatic heterocycles. The Morgan fingerprint density at radius 1 is 1.38 bits per heavy atom. The molecule has 5 nitrogen and oxygen atoms in total. The second kappa shape index (κ2) is 4.59. The molecule has 0 aliphatic carbocycles. The van der Waals surface area contributed by atoms with Crippen molar-refractivity contribution in [3.63, 3.8) is 0 Å². The lowest BCUT2D eigenvalue weighted by atomic mass is 10.2. The maximum atomic E-state index is 8.57. The molecule has 1 heterocycles. The van der Waals surface area contributed by atoms with Gasteiger partial charge in [-0.1, -0.05) is 6.07 Å². The van der Waals surface area contributed by atoms with Crippen molar-refractivity contribution in [3.8, 4) is 0 Å². The standard InChI is InChI=1S/C11H14N4O/c1-12-11(7-14-16)15-9-3-2-8-4-5-13-10(8)6-9/h2-7,12-16H,1H3. The predicted molar refractivity (Wildman–Crippen MR) is 64.0 cm³/mol. The van der Waals surface area contributed by atoms with Crippen molar-refractivity contribution in [2.75, 3.05) is 12.4 Å². The van der Waals surface area contributed by atoms with Gasteiger partial charge in [0, 0.05) is 24.4 Å². The number of hydroxylamine groups is 1. The highest BCUT2D eigenvalue weighted by Gasteiger charge is 1.98. The quantitative estimate of drug-likeness (QED) is 0.505. The van der Waals surface area contributed by atoms with E-state index in [-0.39, 0.29) is 0 Å². The monoisotopic (exact) mass is 218 g/mol. The zero-order chi connectivity index (χ0) is 11.4. The second-order valence-electron chi connectivity index (χ2n) is 3.34. The molecule has 0 spiro atoms. The van der Waals surface area contributed by atoms with Crippen LogP contribution in [0.15, 0.2) is 42.5 Å². The van der Waals surface area contributed by atoms with Gasteiger partial charge in [0.2, 0.25) is 0 Å². The summed E-state index contributed by atoms with van der Waals surface area (Å²) in [6.45, 7) is 0. The normalized spacial score (nSPS) is 11.5. The van der Waals surface area contributed by atoms with E-state index in [1.54, 1.807) is 7.05 Å². The van der Waals surface area contributed by atoms with Crippen LogP contribution in [0.1, 0.15) is 0 Å². The number of aromatic amines is 1. The lowest BCUT2D eigenvalue weighted by Gasteiger charge is -2.10. The molecule has 2 aromatic rings. The molecule has 1 aromatic carbocycles. The third kappa shape index (κ3) is 2.09. The van der Waals surface area contributed by atoms with Crippen LogP contribution in [0.25, 0.3) is 10.9 Å². The van der Waals surface area contributed by atoms with Gasteiger partial charge in [-0.3, -0.25) is 10.7 Å². The van der Waals surface area contributed by atoms with E-state index in [4.69, 9.17) is 5.21 Å². The minimum Gasteiger partial charge on any atom is -0.373 e. The van der Waals surface area contributed by atoms with Crippen molar-refractivity contribution >= 4 is 16.6 Å². The van der Waals surface area contributed by atoms with Gasteiger partial charge in [0.05, 0.1) is 6.20 Å². The van der Waals surface area contributed by atoms with Crippen LogP contribution in [0, 0.1) is 0 Å². The number of hydrogen-bond donors (Lipinski definition) is 5. The van der Waals surface area contributed by atoms with Gasteiger partial charge in [-0.15, -0.1) is 0 Å². The van der Waals surface area contributed by atoms with E-state index >= 15 is 0 Å². The van der Waals surface area contributed by atoms with Gasteiger partial charge in [0.1, 0.15) is 5.82 Å². The average molecular weight is 218 g/mol. The Bertz CT molecular complexity index is 503. The lowest BCUT2D eigenvalue weighted by Crippen LogP contribution is -2.17. The van der Waals surface area contributed by atoms with Gasteiger partial charge in [0.15, 0.2) is 0 Å². The Balaban J connectivity index is 2.23. The van der Waals surface area contributed by atoms with Crippen LogP contribution in [0.4, 0.5) is 5.69 Å². The molecule has 0 saturated heterocycles. The van der Waals surface area contributed by atoms with Crippen molar-refractivity contribution in [1.82, 2.24) is 15.8 Å². The molecule has 0 atom stereocenters. The first kappa shape index (κ1) is 10.4. The summed E-state index contributed by atoms with van der Waals surface area (Å²) < 4.78 is 0. The molecule has 1 aromatic heterocycles. The lowest BCUT2D eigenvalue weighted by molar-refractivity contribution is 0.213. The van der Waals surface area contributed by atoms with E-state index < -0.39 is 0 Å². The number of rotatable bonds is 4. The number of fused-ring (bicyclic) bond motifs is 1. The summed E-state index contributed by atoms with van der Waals surface area (Å²) in [4.78, 5) is 3.14. The topological polar surface area (TPSA) is 72.1 Å². The highest BCUT2D eigenvalue weighted by Crippen LogP contribution is 2.18. The fraction of sp³-hybridized carbons (Fsp3) is 0.0909. The molecule has 0 aliphatic rings. The summed E-state index contributed by atoms with van der Waals surface area (Å²) in [5, 5.41) is 15.8. The van der Waals surface area contributed by atoms with E-state index in [0.29, 0.717) is 5.82 Å². The molecule has 5 heteroatoms. The van der Waals surface area contributed by atoms with Gasteiger partial charge in [-0.05, 0) is 23.6 Å². The Hall–Kier alpha value is -2.14. The number of H-pyrrole nitrogens is 1. The number of benzene rings is 1. The minimum atomic E-state index is 0.674. The summed E-state index contributed by atoms with van der Waals surface area (Å²) in [5.41, 5.74) is 3.98. The molecular formula is C11H14N4O. The van der Waals surface area contributed by atoms with E-state index in [1.165, 1.54) is 11.6 Å². The number of nitrogens with one attached hydrogen (secondary N) is 4. The van der Waals surface area contributed by atoms with Gasteiger partial charge >= 0.3 is 0 Å². The largest absolute Gasteiger partial charge is 0.373 e. The Morgan fingerprint density at radius 3 is 3.00 bits per heavy atom. The first-order chi connectivity index (χ1) is 7.83. The molecule has 0 radical (unpaired) electrons. The first-order valence-electron chi connectivity index (χ1n) is 4.95. The molecule has 16 heavy (non-hydrogen) atoms. The molecule has 2 rings (SSSR count). The fourth-order valence-corrected chi connectivity index (χ4v) is 1.52. The molecule has 0 fully saturated rings. The van der Waals surface area contributed by atoms with E-state index in [9.17, 15) is 0 Å². The smallest absolute Gasteiger partial charge is 0.121 e. The zero-order valence-electron chi connectivity index (χ0n) is 8.91. The van der Waals surface area contributed by atoms with Crippen LogP contribution < -0.4 is 16.1 Å². The van der Waals surface area contributed by atoms with Gasteiger partial charge < -0.3 is 15.6 Å². The van der Waals surface area contributed by atoms with Gasteiger partial charge in [-0.2, -0.15) is 0 Å². The SMILES string of the molecule is CNC(=CNO)Nc1ccc2cc[nH]c2c1. The second-order valence-corrected chi connectivity index (χ2v) is 3.34. The molecule has 0 amide bonds. The predicted octanol–water partition coefficient (Wildman–Crippen LogP) is 1.58. The molecule has 84 valence electrons. The Morgan fingerprint density at radius 2 is 2.25 bits per heavy atom. The van der Waals surface area contributed by atoms with Crippen molar-refractivity contribution in [3.05, 3.63) is 42.5 Å². The zero-order valence-corrected chi connectivity index (χ0v) is 8.91. The maximum absolute atomic E-state index is 8.57. The van der Waals surface area contributed by atoms with Crippen molar-refractivity contribution in [2.24, 2.45) is 0 Å². The van der Waals surface area contributed by atoms with Crippen LogP contribution >= 0.6 is 0 Å². The molecule has 5 N–H and O–H groups in total. The van der Waals surface area contributed by atoms with Crippen LogP contribution in [0.5, 0.6) is 0 Å². The van der Waals surface area contributed by atoms with Crippen molar-refractivity contribution < 1.29 is 5.21 Å². The number of hydrogen-bond acceptors (Lipinski definition) is 4. The van der Waals surface area contributed by atoms with Crippen LogP contribution in [-0.2, 0) is 0 Å². The van der Waals surface area contributed by atoms with Crippen LogP contribution in [-0.4, -0.2) is 17.2 Å². The van der Waals surface area contributed by atoms with Gasteiger partial charge in [0.25, 0.3) is 0 Å². The maximum Gasteiger partial charge on any atom is 0.121 e. The van der Waals surface area contributed by atoms with E-state index in [2.05, 4.69) is 15.6 Å². The van der Waals surface area contributed by atoms with Crippen molar-refractivity contribution in [2.45, 2.75) is 0 Å². The summed E-state index contributed by atoms with van der Waals surface area (Å²) in [5.74, 6) is 0.674. The fourth-order valence-electron chi connectivity index (χ4n) is 1.52. The third-order valence-electron chi connectivity index (χ3n) is 2.31. The molecule has 0 bridgehead atoms. The number of anilines is 1. The third-order valence-corrected chi connectivity index (χ3v) is 2.31.